The van der Waals surface area contributed by atoms with Gasteiger partial charge in [-0.25, -0.2) is 4.79 Å². The number of aryl methyl sites for hydroxylation is 2. The highest BCUT2D eigenvalue weighted by Crippen LogP contribution is 2.36. The van der Waals surface area contributed by atoms with Crippen LogP contribution in [0.15, 0.2) is 75.9 Å². The third-order valence-electron chi connectivity index (χ3n) is 6.00. The minimum Gasteiger partial charge on any atom is -0.465 e. The van der Waals surface area contributed by atoms with Crippen molar-refractivity contribution < 1.29 is 14.3 Å². The first-order valence-electron chi connectivity index (χ1n) is 10.6. The summed E-state index contributed by atoms with van der Waals surface area (Å²) in [5.74, 6) is -0.782. The number of benzene rings is 2. The second-order valence-corrected chi connectivity index (χ2v) is 8.99. The van der Waals surface area contributed by atoms with Crippen molar-refractivity contribution in [1.82, 2.24) is 4.57 Å². The SMILES string of the molecule is COC(=O)C1=C(C)N(c2ccc(Br)cc2)C(=O)/C1=C\c1cc(C)n(-c2ccccc2C)c1C. The molecule has 0 saturated heterocycles. The lowest BCUT2D eigenvalue weighted by Gasteiger charge is -2.18. The Bertz CT molecular complexity index is 1330. The van der Waals surface area contributed by atoms with Crippen molar-refractivity contribution in [3.05, 3.63) is 98.4 Å². The molecule has 3 aromatic rings. The predicted molar refractivity (Wildman–Crippen MR) is 134 cm³/mol. The quantitative estimate of drug-likeness (QED) is 0.321. The molecule has 0 aliphatic carbocycles. The summed E-state index contributed by atoms with van der Waals surface area (Å²) in [4.78, 5) is 27.8. The number of methoxy groups -OCH3 is 1. The largest absolute Gasteiger partial charge is 0.465 e. The van der Waals surface area contributed by atoms with Gasteiger partial charge >= 0.3 is 5.97 Å². The number of esters is 1. The van der Waals surface area contributed by atoms with Crippen LogP contribution in [0.25, 0.3) is 11.8 Å². The molecule has 6 heteroatoms. The van der Waals surface area contributed by atoms with E-state index in [1.165, 1.54) is 7.11 Å². The van der Waals surface area contributed by atoms with Gasteiger partial charge in [0, 0.05) is 32.9 Å². The zero-order valence-electron chi connectivity index (χ0n) is 19.3. The van der Waals surface area contributed by atoms with Gasteiger partial charge in [-0.2, -0.15) is 0 Å². The lowest BCUT2D eigenvalue weighted by Crippen LogP contribution is -2.24. The van der Waals surface area contributed by atoms with Gasteiger partial charge < -0.3 is 9.30 Å². The van der Waals surface area contributed by atoms with Gasteiger partial charge in [0.05, 0.1) is 18.3 Å². The van der Waals surface area contributed by atoms with E-state index >= 15 is 0 Å². The van der Waals surface area contributed by atoms with Crippen LogP contribution in [-0.2, 0) is 14.3 Å². The van der Waals surface area contributed by atoms with Gasteiger partial charge in [-0.15, -0.1) is 0 Å². The topological polar surface area (TPSA) is 51.5 Å². The lowest BCUT2D eigenvalue weighted by atomic mass is 10.0. The second kappa shape index (κ2) is 8.87. The van der Waals surface area contributed by atoms with Crippen molar-refractivity contribution in [2.45, 2.75) is 27.7 Å². The lowest BCUT2D eigenvalue weighted by molar-refractivity contribution is -0.136. The summed E-state index contributed by atoms with van der Waals surface area (Å²) in [6.07, 6.45) is 1.80. The van der Waals surface area contributed by atoms with Gasteiger partial charge in [-0.1, -0.05) is 34.1 Å². The van der Waals surface area contributed by atoms with Crippen molar-refractivity contribution in [3.8, 4) is 5.69 Å². The Hall–Kier alpha value is -3.38. The van der Waals surface area contributed by atoms with Crippen LogP contribution in [0.4, 0.5) is 5.69 Å². The molecule has 1 aliphatic heterocycles. The Kier molecular flexibility index (Phi) is 6.13. The number of allylic oxidation sites excluding steroid dienone is 1. The van der Waals surface area contributed by atoms with Crippen molar-refractivity contribution in [2.75, 3.05) is 12.0 Å². The molecule has 0 spiro atoms. The van der Waals surface area contributed by atoms with E-state index in [1.54, 1.807) is 17.9 Å². The molecule has 1 amide bonds. The van der Waals surface area contributed by atoms with E-state index in [0.29, 0.717) is 17.0 Å². The summed E-state index contributed by atoms with van der Waals surface area (Å²) in [5.41, 5.74) is 7.01. The first-order chi connectivity index (χ1) is 15.7. The first kappa shape index (κ1) is 22.8. The fraction of sp³-hybridized carbons (Fsp3) is 0.185. The number of para-hydroxylation sites is 1. The van der Waals surface area contributed by atoms with E-state index in [9.17, 15) is 9.59 Å². The van der Waals surface area contributed by atoms with Crippen LogP contribution in [0.3, 0.4) is 0 Å². The van der Waals surface area contributed by atoms with E-state index in [2.05, 4.69) is 39.6 Å². The van der Waals surface area contributed by atoms with E-state index in [4.69, 9.17) is 4.74 Å². The molecule has 0 radical (unpaired) electrons. The molecule has 2 aromatic carbocycles. The summed E-state index contributed by atoms with van der Waals surface area (Å²) in [6.45, 7) is 7.90. The van der Waals surface area contributed by atoms with Crippen LogP contribution < -0.4 is 4.90 Å². The number of carbonyl (C=O) groups is 2. The number of ether oxygens (including phenoxy) is 1. The molecule has 2 heterocycles. The highest BCUT2D eigenvalue weighted by molar-refractivity contribution is 9.10. The van der Waals surface area contributed by atoms with Gasteiger partial charge in [0.1, 0.15) is 0 Å². The number of aromatic nitrogens is 1. The third-order valence-corrected chi connectivity index (χ3v) is 6.53. The number of hydrogen-bond acceptors (Lipinski definition) is 3. The Morgan fingerprint density at radius 3 is 2.30 bits per heavy atom. The Labute approximate surface area is 202 Å². The molecule has 0 bridgehead atoms. The number of carbonyl (C=O) groups excluding carboxylic acids is 2. The molecule has 0 saturated carbocycles. The van der Waals surface area contributed by atoms with Gasteiger partial charge in [-0.05, 0) is 81.3 Å². The van der Waals surface area contributed by atoms with Crippen LogP contribution in [0.5, 0.6) is 0 Å². The van der Waals surface area contributed by atoms with E-state index < -0.39 is 5.97 Å². The van der Waals surface area contributed by atoms with Crippen LogP contribution in [0.2, 0.25) is 0 Å². The van der Waals surface area contributed by atoms with Gasteiger partial charge in [0.25, 0.3) is 5.91 Å². The molecule has 33 heavy (non-hydrogen) atoms. The molecule has 1 aliphatic rings. The van der Waals surface area contributed by atoms with Crippen LogP contribution in [0, 0.1) is 20.8 Å². The minimum atomic E-state index is -0.528. The first-order valence-corrected chi connectivity index (χ1v) is 11.4. The fourth-order valence-corrected chi connectivity index (χ4v) is 4.62. The molecule has 0 N–H and O–H groups in total. The molecular formula is C27H25BrN2O3. The van der Waals surface area contributed by atoms with Crippen molar-refractivity contribution in [2.24, 2.45) is 0 Å². The maximum atomic E-state index is 13.6. The number of halogens is 1. The van der Waals surface area contributed by atoms with Gasteiger partial charge in [0.2, 0.25) is 0 Å². The molecule has 0 atom stereocenters. The third kappa shape index (κ3) is 3.95. The standard InChI is InChI=1S/C27H25BrN2O3/c1-16-8-6-7-9-24(16)29-17(2)14-20(18(29)3)15-23-25(27(32)33-5)19(4)30(26(23)31)22-12-10-21(28)11-13-22/h6-15H,1-5H3/b23-15-. The molecular weight excluding hydrogens is 480 g/mol. The maximum Gasteiger partial charge on any atom is 0.340 e. The summed E-state index contributed by atoms with van der Waals surface area (Å²) in [6, 6.07) is 17.6. The number of anilines is 1. The average molecular weight is 505 g/mol. The van der Waals surface area contributed by atoms with E-state index in [0.717, 1.165) is 32.7 Å². The van der Waals surface area contributed by atoms with Crippen molar-refractivity contribution in [3.63, 3.8) is 0 Å². The fourth-order valence-electron chi connectivity index (χ4n) is 4.36. The smallest absolute Gasteiger partial charge is 0.340 e. The summed E-state index contributed by atoms with van der Waals surface area (Å²) in [5, 5.41) is 0. The summed E-state index contributed by atoms with van der Waals surface area (Å²) in [7, 11) is 1.33. The number of hydrogen-bond donors (Lipinski definition) is 0. The Morgan fingerprint density at radius 2 is 1.67 bits per heavy atom. The van der Waals surface area contributed by atoms with E-state index in [1.807, 2.05) is 56.3 Å². The van der Waals surface area contributed by atoms with Crippen molar-refractivity contribution in [1.29, 1.82) is 0 Å². The minimum absolute atomic E-state index is 0.254. The molecule has 4 rings (SSSR count). The highest BCUT2D eigenvalue weighted by atomic mass is 79.9. The predicted octanol–water partition coefficient (Wildman–Crippen LogP) is 6.04. The zero-order chi connectivity index (χ0) is 23.9. The summed E-state index contributed by atoms with van der Waals surface area (Å²) >= 11 is 3.42. The molecule has 0 unspecified atom stereocenters. The molecule has 5 nitrogen and oxygen atoms in total. The Morgan fingerprint density at radius 1 is 1.00 bits per heavy atom. The summed E-state index contributed by atoms with van der Waals surface area (Å²) < 4.78 is 8.12. The van der Waals surface area contributed by atoms with Crippen LogP contribution in [0.1, 0.15) is 29.4 Å². The second-order valence-electron chi connectivity index (χ2n) is 8.08. The van der Waals surface area contributed by atoms with Crippen LogP contribution in [-0.4, -0.2) is 23.6 Å². The number of amides is 1. The highest BCUT2D eigenvalue weighted by Gasteiger charge is 2.38. The maximum absolute atomic E-state index is 13.6. The van der Waals surface area contributed by atoms with Crippen LogP contribution >= 0.6 is 15.9 Å². The molecule has 168 valence electrons. The number of nitrogens with zero attached hydrogens (tertiary/aromatic N) is 2. The van der Waals surface area contributed by atoms with E-state index in [-0.39, 0.29) is 11.5 Å². The van der Waals surface area contributed by atoms with Gasteiger partial charge in [-0.3, -0.25) is 9.69 Å². The Balaban J connectivity index is 1.86. The number of rotatable bonds is 4. The zero-order valence-corrected chi connectivity index (χ0v) is 20.9. The van der Waals surface area contributed by atoms with Gasteiger partial charge in [0.15, 0.2) is 0 Å². The average Bonchev–Trinajstić information content (AvgIpc) is 3.20. The van der Waals surface area contributed by atoms with Crippen molar-refractivity contribution >= 4 is 39.6 Å². The normalized spacial score (nSPS) is 15.0. The monoisotopic (exact) mass is 504 g/mol. The molecule has 1 aromatic heterocycles. The molecule has 0 fully saturated rings.